The van der Waals surface area contributed by atoms with Crippen LogP contribution in [0.5, 0.6) is 0 Å². The van der Waals surface area contributed by atoms with Crippen LogP contribution >= 0.6 is 15.9 Å². The monoisotopic (exact) mass is 361 g/mol. The number of anilines is 3. The molecule has 0 saturated carbocycles. The molecular weight excluding hydrogens is 342 g/mol. The summed E-state index contributed by atoms with van der Waals surface area (Å²) in [6.07, 6.45) is 2.21. The Morgan fingerprint density at radius 3 is 2.55 bits per heavy atom. The second-order valence-corrected chi connectivity index (χ2v) is 6.52. The fourth-order valence-electron chi connectivity index (χ4n) is 2.00. The van der Waals surface area contributed by atoms with E-state index in [1.165, 1.54) is 0 Å². The molecule has 0 bridgehead atoms. The summed E-state index contributed by atoms with van der Waals surface area (Å²) in [5, 5.41) is 6.09. The standard InChI is InChI=1S/C17H20BrN3O/c1-11(2)8-17(22)21-16-7-5-14(10-19-16)20-13-4-6-15(18)12(3)9-13/h4-7,9-11,20H,8H2,1-3H3,(H,19,21,22). The van der Waals surface area contributed by atoms with Crippen LogP contribution in [0.1, 0.15) is 25.8 Å². The summed E-state index contributed by atoms with van der Waals surface area (Å²) in [5.74, 6) is 0.900. The summed E-state index contributed by atoms with van der Waals surface area (Å²) in [5.41, 5.74) is 3.04. The van der Waals surface area contributed by atoms with E-state index in [1.54, 1.807) is 12.3 Å². The zero-order valence-electron chi connectivity index (χ0n) is 13.0. The highest BCUT2D eigenvalue weighted by Crippen LogP contribution is 2.23. The molecule has 0 unspecified atom stereocenters. The zero-order chi connectivity index (χ0) is 16.1. The van der Waals surface area contributed by atoms with E-state index < -0.39 is 0 Å². The highest BCUT2D eigenvalue weighted by Gasteiger charge is 2.06. The third kappa shape index (κ3) is 4.84. The Morgan fingerprint density at radius 1 is 1.23 bits per heavy atom. The van der Waals surface area contributed by atoms with E-state index in [1.807, 2.05) is 39.0 Å². The van der Waals surface area contributed by atoms with Gasteiger partial charge in [0.15, 0.2) is 0 Å². The number of pyridine rings is 1. The molecule has 0 aliphatic rings. The van der Waals surface area contributed by atoms with E-state index in [9.17, 15) is 4.79 Å². The molecule has 4 nitrogen and oxygen atoms in total. The first-order valence-electron chi connectivity index (χ1n) is 7.23. The van der Waals surface area contributed by atoms with Gasteiger partial charge >= 0.3 is 0 Å². The molecule has 2 aromatic rings. The number of aromatic nitrogens is 1. The summed E-state index contributed by atoms with van der Waals surface area (Å²) in [6, 6.07) is 9.76. The maximum atomic E-state index is 11.7. The number of rotatable bonds is 5. The lowest BCUT2D eigenvalue weighted by Crippen LogP contribution is -2.14. The molecule has 0 saturated heterocycles. The third-order valence-corrected chi connectivity index (χ3v) is 3.96. The van der Waals surface area contributed by atoms with Crippen molar-refractivity contribution in [3.8, 4) is 0 Å². The van der Waals surface area contributed by atoms with Crippen molar-refractivity contribution in [1.82, 2.24) is 4.98 Å². The minimum atomic E-state index is -0.00764. The first-order valence-corrected chi connectivity index (χ1v) is 8.02. The predicted molar refractivity (Wildman–Crippen MR) is 94.5 cm³/mol. The molecule has 22 heavy (non-hydrogen) atoms. The molecule has 1 heterocycles. The van der Waals surface area contributed by atoms with Crippen LogP contribution in [0, 0.1) is 12.8 Å². The van der Waals surface area contributed by atoms with Crippen LogP contribution in [0.4, 0.5) is 17.2 Å². The van der Waals surface area contributed by atoms with E-state index in [2.05, 4.69) is 37.6 Å². The molecule has 2 rings (SSSR count). The largest absolute Gasteiger partial charge is 0.354 e. The molecule has 0 fully saturated rings. The molecule has 5 heteroatoms. The van der Waals surface area contributed by atoms with Crippen molar-refractivity contribution in [3.05, 3.63) is 46.6 Å². The Hall–Kier alpha value is -1.88. The van der Waals surface area contributed by atoms with E-state index >= 15 is 0 Å². The van der Waals surface area contributed by atoms with Gasteiger partial charge in [-0.25, -0.2) is 4.98 Å². The molecule has 0 atom stereocenters. The quantitative estimate of drug-likeness (QED) is 0.797. The van der Waals surface area contributed by atoms with Crippen LogP contribution < -0.4 is 10.6 Å². The van der Waals surface area contributed by atoms with Crippen molar-refractivity contribution >= 4 is 39.0 Å². The van der Waals surface area contributed by atoms with Crippen LogP contribution in [-0.4, -0.2) is 10.9 Å². The van der Waals surface area contributed by atoms with Crippen LogP contribution in [0.2, 0.25) is 0 Å². The number of carbonyl (C=O) groups is 1. The molecule has 1 aromatic carbocycles. The van der Waals surface area contributed by atoms with Gasteiger partial charge in [-0.1, -0.05) is 29.8 Å². The van der Waals surface area contributed by atoms with Crippen LogP contribution in [0.3, 0.4) is 0 Å². The van der Waals surface area contributed by atoms with E-state index in [-0.39, 0.29) is 5.91 Å². The van der Waals surface area contributed by atoms with Crippen molar-refractivity contribution in [2.24, 2.45) is 5.92 Å². The molecule has 0 spiro atoms. The maximum Gasteiger partial charge on any atom is 0.225 e. The highest BCUT2D eigenvalue weighted by atomic mass is 79.9. The Kier molecular flexibility index (Phi) is 5.55. The van der Waals surface area contributed by atoms with Gasteiger partial charge in [-0.2, -0.15) is 0 Å². The van der Waals surface area contributed by atoms with Gasteiger partial charge in [0.2, 0.25) is 5.91 Å². The topological polar surface area (TPSA) is 54.0 Å². The van der Waals surface area contributed by atoms with Gasteiger partial charge in [0.05, 0.1) is 11.9 Å². The van der Waals surface area contributed by atoms with Gasteiger partial charge < -0.3 is 10.6 Å². The Labute approximate surface area is 139 Å². The van der Waals surface area contributed by atoms with Gasteiger partial charge in [-0.3, -0.25) is 4.79 Å². The number of amides is 1. The van der Waals surface area contributed by atoms with Crippen LogP contribution in [0.25, 0.3) is 0 Å². The van der Waals surface area contributed by atoms with Gasteiger partial charge in [0.1, 0.15) is 5.82 Å². The van der Waals surface area contributed by atoms with Crippen molar-refractivity contribution in [3.63, 3.8) is 0 Å². The lowest BCUT2D eigenvalue weighted by Gasteiger charge is -2.10. The third-order valence-electron chi connectivity index (χ3n) is 3.07. The number of carbonyl (C=O) groups excluding carboxylic acids is 1. The fourth-order valence-corrected chi connectivity index (χ4v) is 2.24. The smallest absolute Gasteiger partial charge is 0.225 e. The van der Waals surface area contributed by atoms with Gasteiger partial charge in [0, 0.05) is 16.6 Å². The Balaban J connectivity index is 1.99. The van der Waals surface area contributed by atoms with E-state index in [0.29, 0.717) is 18.2 Å². The molecule has 1 amide bonds. The number of aryl methyl sites for hydroxylation is 1. The van der Waals surface area contributed by atoms with E-state index in [0.717, 1.165) is 21.4 Å². The molecule has 2 N–H and O–H groups in total. The number of benzene rings is 1. The summed E-state index contributed by atoms with van der Waals surface area (Å²) >= 11 is 3.48. The van der Waals surface area contributed by atoms with Gasteiger partial charge in [0.25, 0.3) is 0 Å². The average molecular weight is 362 g/mol. The fraction of sp³-hybridized carbons (Fsp3) is 0.294. The maximum absolute atomic E-state index is 11.7. The second kappa shape index (κ2) is 7.40. The lowest BCUT2D eigenvalue weighted by molar-refractivity contribution is -0.116. The zero-order valence-corrected chi connectivity index (χ0v) is 14.6. The number of halogens is 1. The van der Waals surface area contributed by atoms with Crippen molar-refractivity contribution in [1.29, 1.82) is 0 Å². The lowest BCUT2D eigenvalue weighted by atomic mass is 10.1. The average Bonchev–Trinajstić information content (AvgIpc) is 2.44. The summed E-state index contributed by atoms with van der Waals surface area (Å²) < 4.78 is 1.08. The van der Waals surface area contributed by atoms with Crippen molar-refractivity contribution in [2.45, 2.75) is 27.2 Å². The Bertz CT molecular complexity index is 653. The van der Waals surface area contributed by atoms with Crippen LogP contribution in [-0.2, 0) is 4.79 Å². The Morgan fingerprint density at radius 2 is 1.95 bits per heavy atom. The second-order valence-electron chi connectivity index (χ2n) is 5.67. The first-order chi connectivity index (χ1) is 10.4. The predicted octanol–water partition coefficient (Wildman–Crippen LogP) is 4.88. The first kappa shape index (κ1) is 16.5. The van der Waals surface area contributed by atoms with Gasteiger partial charge in [-0.05, 0) is 48.7 Å². The van der Waals surface area contributed by atoms with Crippen molar-refractivity contribution in [2.75, 3.05) is 10.6 Å². The molecule has 0 radical (unpaired) electrons. The summed E-state index contributed by atoms with van der Waals surface area (Å²) in [7, 11) is 0. The number of nitrogens with zero attached hydrogens (tertiary/aromatic N) is 1. The van der Waals surface area contributed by atoms with Gasteiger partial charge in [-0.15, -0.1) is 0 Å². The molecule has 0 aliphatic heterocycles. The minimum Gasteiger partial charge on any atom is -0.354 e. The summed E-state index contributed by atoms with van der Waals surface area (Å²) in [4.78, 5) is 16.0. The van der Waals surface area contributed by atoms with E-state index in [4.69, 9.17) is 0 Å². The molecule has 1 aromatic heterocycles. The molecular formula is C17H20BrN3O. The SMILES string of the molecule is Cc1cc(Nc2ccc(NC(=O)CC(C)C)nc2)ccc1Br. The molecule has 116 valence electrons. The minimum absolute atomic E-state index is 0.00764. The van der Waals surface area contributed by atoms with Crippen LogP contribution in [0.15, 0.2) is 41.0 Å². The number of hydrogen-bond donors (Lipinski definition) is 2. The number of hydrogen-bond acceptors (Lipinski definition) is 3. The normalized spacial score (nSPS) is 10.6. The number of nitrogens with one attached hydrogen (secondary N) is 2. The highest BCUT2D eigenvalue weighted by molar-refractivity contribution is 9.10. The summed E-state index contributed by atoms with van der Waals surface area (Å²) in [6.45, 7) is 6.07. The van der Waals surface area contributed by atoms with Crippen molar-refractivity contribution < 1.29 is 4.79 Å². The molecule has 0 aliphatic carbocycles.